The second-order valence-corrected chi connectivity index (χ2v) is 13.2. The zero-order valence-electron chi connectivity index (χ0n) is 23.8. The zero-order valence-corrected chi connectivity index (χ0v) is 26.2. The van der Waals surface area contributed by atoms with Crippen molar-refractivity contribution < 1.29 is 26.0 Å². The van der Waals surface area contributed by atoms with E-state index in [0.29, 0.717) is 38.3 Å². The van der Waals surface area contributed by atoms with Crippen molar-refractivity contribution in [1.82, 2.24) is 18.7 Å². The number of halogens is 6. The first-order valence-electron chi connectivity index (χ1n) is 14.0. The van der Waals surface area contributed by atoms with Gasteiger partial charge in [-0.1, -0.05) is 23.2 Å². The molecule has 0 spiro atoms. The fraction of sp³-hybridized carbons (Fsp3) is 0.357. The monoisotopic (exact) mass is 690 g/mol. The van der Waals surface area contributed by atoms with Crippen LogP contribution in [0.3, 0.4) is 0 Å². The summed E-state index contributed by atoms with van der Waals surface area (Å²) in [5, 5.41) is 0.221. The highest BCUT2D eigenvalue weighted by molar-refractivity contribution is 7.92. The highest BCUT2D eigenvalue weighted by Gasteiger charge is 2.27. The van der Waals surface area contributed by atoms with E-state index in [1.165, 1.54) is 16.3 Å². The quantitative estimate of drug-likeness (QED) is 0.214. The van der Waals surface area contributed by atoms with Crippen molar-refractivity contribution in [2.45, 2.75) is 58.8 Å². The Bertz CT molecular complexity index is 2040. The van der Waals surface area contributed by atoms with Gasteiger partial charge in [0.25, 0.3) is 11.1 Å². The van der Waals surface area contributed by atoms with E-state index < -0.39 is 44.5 Å². The van der Waals surface area contributed by atoms with Gasteiger partial charge in [-0.05, 0) is 44.7 Å². The molecule has 0 radical (unpaired) electrons. The molecular weight excluding hydrogens is 663 g/mol. The number of nitrogens with zero attached hydrogens (tertiary/aromatic N) is 4. The molecule has 0 amide bonds. The SMILES string of the molecule is CCS(=O)(=O)Nc1cc(-c2c(Cl)n3n(c2=O)CCCC3)c(F)cc1F.Nc1cc(-c2c(Cl)n3n(c2=O)CCCC3)c(F)cc1F. The zero-order chi connectivity index (χ0) is 32.8. The molecule has 4 heterocycles. The van der Waals surface area contributed by atoms with Gasteiger partial charge in [-0.2, -0.15) is 0 Å². The smallest absolute Gasteiger partial charge is 0.276 e. The second kappa shape index (κ2) is 12.6. The van der Waals surface area contributed by atoms with Gasteiger partial charge in [-0.3, -0.25) is 23.7 Å². The normalized spacial score (nSPS) is 14.4. The van der Waals surface area contributed by atoms with Gasteiger partial charge in [-0.25, -0.2) is 35.3 Å². The molecule has 2 aromatic heterocycles. The summed E-state index contributed by atoms with van der Waals surface area (Å²) >= 11 is 12.4. The van der Waals surface area contributed by atoms with Crippen molar-refractivity contribution in [2.75, 3.05) is 16.2 Å². The first-order valence-corrected chi connectivity index (χ1v) is 16.4. The summed E-state index contributed by atoms with van der Waals surface area (Å²) in [6.45, 7) is 3.50. The number of anilines is 2. The van der Waals surface area contributed by atoms with Gasteiger partial charge in [0.05, 0.1) is 28.3 Å². The molecule has 0 fully saturated rings. The number of benzene rings is 2. The summed E-state index contributed by atoms with van der Waals surface area (Å²) in [5.41, 5.74) is 3.58. The maximum Gasteiger partial charge on any atom is 0.276 e. The Morgan fingerprint density at radius 3 is 1.58 bits per heavy atom. The molecule has 10 nitrogen and oxygen atoms in total. The lowest BCUT2D eigenvalue weighted by Crippen LogP contribution is -2.27. The molecule has 2 aliphatic heterocycles. The maximum absolute atomic E-state index is 14.3. The molecule has 45 heavy (non-hydrogen) atoms. The van der Waals surface area contributed by atoms with Crippen LogP contribution in [0, 0.1) is 23.3 Å². The van der Waals surface area contributed by atoms with Gasteiger partial charge in [0.1, 0.15) is 33.6 Å². The summed E-state index contributed by atoms with van der Waals surface area (Å²) in [5.74, 6) is -4.04. The van der Waals surface area contributed by atoms with Crippen LogP contribution in [-0.2, 0) is 36.2 Å². The molecule has 4 aromatic rings. The van der Waals surface area contributed by atoms with Crippen molar-refractivity contribution in [1.29, 1.82) is 0 Å². The van der Waals surface area contributed by atoms with E-state index in [4.69, 9.17) is 28.9 Å². The lowest BCUT2D eigenvalue weighted by atomic mass is 10.1. The van der Waals surface area contributed by atoms with Crippen LogP contribution < -0.4 is 21.6 Å². The van der Waals surface area contributed by atoms with E-state index in [-0.39, 0.29) is 49.6 Å². The topological polar surface area (TPSA) is 126 Å². The number of hydrogen-bond acceptors (Lipinski definition) is 5. The number of rotatable bonds is 5. The summed E-state index contributed by atoms with van der Waals surface area (Å²) in [7, 11) is -3.76. The van der Waals surface area contributed by atoms with Crippen LogP contribution >= 0.6 is 23.2 Å². The highest BCUT2D eigenvalue weighted by atomic mass is 35.5. The van der Waals surface area contributed by atoms with Crippen molar-refractivity contribution in [3.05, 3.63) is 78.5 Å². The molecule has 242 valence electrons. The fourth-order valence-corrected chi connectivity index (χ4v) is 6.67. The average molecular weight is 692 g/mol. The van der Waals surface area contributed by atoms with Crippen LogP contribution in [0.15, 0.2) is 33.9 Å². The number of hydrogen-bond donors (Lipinski definition) is 2. The molecule has 17 heteroatoms. The van der Waals surface area contributed by atoms with Crippen LogP contribution in [-0.4, -0.2) is 32.9 Å². The minimum absolute atomic E-state index is 0.0396. The Labute approximate surface area is 264 Å². The van der Waals surface area contributed by atoms with Crippen LogP contribution in [0.4, 0.5) is 28.9 Å². The molecule has 0 atom stereocenters. The summed E-state index contributed by atoms with van der Waals surface area (Å²) in [4.78, 5) is 24.9. The number of aromatic nitrogens is 4. The van der Waals surface area contributed by atoms with Gasteiger partial charge in [-0.15, -0.1) is 0 Å². The molecule has 2 aromatic carbocycles. The second-order valence-electron chi connectivity index (χ2n) is 10.5. The Balaban J connectivity index is 0.000000182. The Kier molecular flexibility index (Phi) is 9.16. The van der Waals surface area contributed by atoms with Crippen LogP contribution in [0.25, 0.3) is 22.3 Å². The lowest BCUT2D eigenvalue weighted by molar-refractivity contribution is 0.356. The molecule has 0 saturated carbocycles. The van der Waals surface area contributed by atoms with Gasteiger partial charge < -0.3 is 5.73 Å². The minimum Gasteiger partial charge on any atom is -0.396 e. The molecule has 2 aliphatic rings. The summed E-state index contributed by atoms with van der Waals surface area (Å²) in [6.07, 6.45) is 3.41. The van der Waals surface area contributed by atoms with Crippen molar-refractivity contribution >= 4 is 44.6 Å². The first kappa shape index (κ1) is 32.7. The largest absolute Gasteiger partial charge is 0.396 e. The predicted molar refractivity (Wildman–Crippen MR) is 164 cm³/mol. The molecule has 3 N–H and O–H groups in total. The number of nitrogen functional groups attached to an aromatic ring is 1. The van der Waals surface area contributed by atoms with Crippen LogP contribution in [0.2, 0.25) is 10.3 Å². The number of sulfonamides is 1. The lowest BCUT2D eigenvalue weighted by Gasteiger charge is -2.17. The minimum atomic E-state index is -3.76. The average Bonchev–Trinajstić information content (AvgIpc) is 3.41. The summed E-state index contributed by atoms with van der Waals surface area (Å²) < 4.78 is 86.9. The molecule has 6 rings (SSSR count). The number of fused-ring (bicyclic) bond motifs is 2. The van der Waals surface area contributed by atoms with Crippen molar-refractivity contribution in [3.8, 4) is 22.3 Å². The predicted octanol–water partition coefficient (Wildman–Crippen LogP) is 5.43. The maximum atomic E-state index is 14.3. The van der Waals surface area contributed by atoms with Crippen molar-refractivity contribution in [2.24, 2.45) is 0 Å². The van der Waals surface area contributed by atoms with Crippen LogP contribution in [0.5, 0.6) is 0 Å². The van der Waals surface area contributed by atoms with E-state index in [9.17, 15) is 35.6 Å². The third kappa shape index (κ3) is 6.12. The molecule has 0 saturated heterocycles. The Hall–Kier alpha value is -3.69. The van der Waals surface area contributed by atoms with E-state index >= 15 is 0 Å². The summed E-state index contributed by atoms with van der Waals surface area (Å²) in [6, 6.07) is 3.29. The van der Waals surface area contributed by atoms with Crippen LogP contribution in [0.1, 0.15) is 32.6 Å². The van der Waals surface area contributed by atoms with E-state index in [1.807, 2.05) is 4.72 Å². The van der Waals surface area contributed by atoms with Gasteiger partial charge in [0, 0.05) is 49.4 Å². The van der Waals surface area contributed by atoms with E-state index in [0.717, 1.165) is 37.8 Å². The fourth-order valence-electron chi connectivity index (χ4n) is 5.32. The Morgan fingerprint density at radius 2 is 1.13 bits per heavy atom. The molecule has 0 bridgehead atoms. The first-order chi connectivity index (χ1) is 21.3. The number of nitrogens with one attached hydrogen (secondary N) is 1. The standard InChI is InChI=1S/C15H16ClF2N3O3S.C13H12ClF2N3O/c1-2-25(23,24)19-12-7-9(10(17)8-11(12)18)13-14(16)20-5-3-4-6-21(20)15(13)22;14-12-11(7-5-10(17)9(16)6-8(7)15)13(20)19-4-2-1-3-18(12)19/h7-8,19H,2-6H2,1H3;5-6H,1-4,17H2. The van der Waals surface area contributed by atoms with Crippen molar-refractivity contribution in [3.63, 3.8) is 0 Å². The third-order valence-corrected chi connectivity index (χ3v) is 9.71. The van der Waals surface area contributed by atoms with Gasteiger partial charge >= 0.3 is 0 Å². The van der Waals surface area contributed by atoms with E-state index in [2.05, 4.69) is 0 Å². The number of nitrogens with two attached hydrogens (primary N) is 1. The molecule has 0 aliphatic carbocycles. The van der Waals surface area contributed by atoms with Gasteiger partial charge in [0.15, 0.2) is 0 Å². The third-order valence-electron chi connectivity index (χ3n) is 7.65. The molecule has 0 unspecified atom stereocenters. The highest BCUT2D eigenvalue weighted by Crippen LogP contribution is 2.34. The molecular formula is C28H28Cl2F4N6O4S. The Morgan fingerprint density at radius 1 is 0.711 bits per heavy atom. The van der Waals surface area contributed by atoms with Gasteiger partial charge in [0.2, 0.25) is 10.0 Å². The van der Waals surface area contributed by atoms with E-state index in [1.54, 1.807) is 9.36 Å².